The zero-order valence-corrected chi connectivity index (χ0v) is 20.8. The number of nitrogens with two attached hydrogens (primary N) is 1. The zero-order chi connectivity index (χ0) is 25.1. The molecule has 4 N–H and O–H groups in total. The summed E-state index contributed by atoms with van der Waals surface area (Å²) in [6.07, 6.45) is 5.23. The van der Waals surface area contributed by atoms with Gasteiger partial charge in [-0.25, -0.2) is 9.97 Å². The lowest BCUT2D eigenvalue weighted by Crippen LogP contribution is -2.14. The number of aliphatic hydroxyl groups is 1. The second-order valence-electron chi connectivity index (χ2n) is 8.26. The zero-order valence-electron chi connectivity index (χ0n) is 19.2. The van der Waals surface area contributed by atoms with E-state index in [0.29, 0.717) is 19.4 Å². The minimum atomic E-state index is -0.796. The molecule has 3 heterocycles. The Morgan fingerprint density at radius 2 is 2.06 bits per heavy atom. The standard InChI is InChI=1S/C25H24N6O3S2/c26-24(34)19-13-31(15-27-19)23(33)6-3-10-30-11-9-16-7-8-17(12-20(16)30)28-22(32)14-35-25-29-18-4-1-2-5-21(18)36-25/h1-2,4-5,7-9,11-13,15,23,33H,3,6,10,14H2,(H2,26,34)(H,28,32). The van der Waals surface area contributed by atoms with Gasteiger partial charge in [-0.15, -0.1) is 11.3 Å². The fraction of sp³-hybridized carbons (Fsp3) is 0.200. The van der Waals surface area contributed by atoms with Crippen molar-refractivity contribution in [3.05, 3.63) is 72.9 Å². The first-order chi connectivity index (χ1) is 17.5. The summed E-state index contributed by atoms with van der Waals surface area (Å²) in [7, 11) is 0. The topological polar surface area (TPSA) is 128 Å². The number of hydrogen-bond acceptors (Lipinski definition) is 7. The van der Waals surface area contributed by atoms with Crippen LogP contribution in [0.1, 0.15) is 29.6 Å². The Labute approximate surface area is 215 Å². The van der Waals surface area contributed by atoms with Crippen molar-refractivity contribution in [1.29, 1.82) is 0 Å². The summed E-state index contributed by atoms with van der Waals surface area (Å²) in [6.45, 7) is 0.683. The number of aryl methyl sites for hydroxylation is 1. The third-order valence-electron chi connectivity index (χ3n) is 5.72. The molecule has 0 fully saturated rings. The highest BCUT2D eigenvalue weighted by molar-refractivity contribution is 8.01. The molecule has 0 bridgehead atoms. The van der Waals surface area contributed by atoms with Gasteiger partial charge in [0.05, 0.1) is 27.8 Å². The molecular weight excluding hydrogens is 496 g/mol. The van der Waals surface area contributed by atoms with E-state index in [1.807, 2.05) is 54.7 Å². The van der Waals surface area contributed by atoms with Gasteiger partial charge in [0.1, 0.15) is 11.9 Å². The van der Waals surface area contributed by atoms with E-state index in [1.54, 1.807) is 11.3 Å². The number of aliphatic hydroxyl groups excluding tert-OH is 1. The van der Waals surface area contributed by atoms with Crippen LogP contribution in [0.15, 0.2) is 71.6 Å². The Bertz CT molecular complexity index is 1510. The summed E-state index contributed by atoms with van der Waals surface area (Å²) < 4.78 is 5.56. The Morgan fingerprint density at radius 1 is 1.19 bits per heavy atom. The van der Waals surface area contributed by atoms with Crippen LogP contribution in [-0.4, -0.2) is 41.8 Å². The molecule has 0 spiro atoms. The second-order valence-corrected chi connectivity index (χ2v) is 10.5. The number of primary amides is 1. The summed E-state index contributed by atoms with van der Waals surface area (Å²) in [4.78, 5) is 32.2. The van der Waals surface area contributed by atoms with E-state index in [0.717, 1.165) is 31.1 Å². The second kappa shape index (κ2) is 10.5. The van der Waals surface area contributed by atoms with Crippen LogP contribution in [0.25, 0.3) is 21.1 Å². The van der Waals surface area contributed by atoms with Gasteiger partial charge < -0.3 is 25.3 Å². The first-order valence-electron chi connectivity index (χ1n) is 11.3. The van der Waals surface area contributed by atoms with Crippen molar-refractivity contribution in [2.24, 2.45) is 5.73 Å². The van der Waals surface area contributed by atoms with Crippen LogP contribution in [0.4, 0.5) is 5.69 Å². The van der Waals surface area contributed by atoms with Crippen molar-refractivity contribution >= 4 is 61.7 Å². The van der Waals surface area contributed by atoms with Crippen LogP contribution in [0.5, 0.6) is 0 Å². The fourth-order valence-electron chi connectivity index (χ4n) is 3.91. The van der Waals surface area contributed by atoms with Gasteiger partial charge >= 0.3 is 0 Å². The number of thiazole rings is 1. The van der Waals surface area contributed by atoms with Gasteiger partial charge in [-0.3, -0.25) is 9.59 Å². The number of nitrogens with zero attached hydrogens (tertiary/aromatic N) is 4. The molecule has 5 rings (SSSR count). The highest BCUT2D eigenvalue weighted by Gasteiger charge is 2.12. The average Bonchev–Trinajstić information content (AvgIpc) is 3.61. The molecule has 0 radical (unpaired) electrons. The van der Waals surface area contributed by atoms with Crippen molar-refractivity contribution in [2.75, 3.05) is 11.1 Å². The monoisotopic (exact) mass is 520 g/mol. The molecule has 2 amide bonds. The average molecular weight is 521 g/mol. The molecule has 0 saturated carbocycles. The number of benzene rings is 2. The number of nitrogens with one attached hydrogen (secondary N) is 1. The maximum absolute atomic E-state index is 12.6. The number of carbonyl (C=O) groups is 2. The van der Waals surface area contributed by atoms with Crippen LogP contribution in [0.2, 0.25) is 0 Å². The molecule has 11 heteroatoms. The first kappa shape index (κ1) is 24.0. The lowest BCUT2D eigenvalue weighted by Gasteiger charge is -2.13. The lowest BCUT2D eigenvalue weighted by atomic mass is 10.2. The van der Waals surface area contributed by atoms with Crippen molar-refractivity contribution in [1.82, 2.24) is 19.1 Å². The lowest BCUT2D eigenvalue weighted by molar-refractivity contribution is -0.113. The number of amides is 2. The van der Waals surface area contributed by atoms with Crippen molar-refractivity contribution in [3.63, 3.8) is 0 Å². The summed E-state index contributed by atoms with van der Waals surface area (Å²) in [5, 5.41) is 14.4. The predicted octanol–water partition coefficient (Wildman–Crippen LogP) is 4.25. The van der Waals surface area contributed by atoms with Crippen LogP contribution in [-0.2, 0) is 11.3 Å². The summed E-state index contributed by atoms with van der Waals surface area (Å²) >= 11 is 3.02. The van der Waals surface area contributed by atoms with Gasteiger partial charge in [0.2, 0.25) is 5.91 Å². The molecular formula is C25H24N6O3S2. The van der Waals surface area contributed by atoms with E-state index in [4.69, 9.17) is 5.73 Å². The minimum absolute atomic E-state index is 0.0875. The first-order valence-corrected chi connectivity index (χ1v) is 13.1. The molecule has 5 aromatic rings. The predicted molar refractivity (Wildman–Crippen MR) is 142 cm³/mol. The van der Waals surface area contributed by atoms with Gasteiger partial charge in [-0.05, 0) is 48.6 Å². The molecule has 3 aromatic heterocycles. The van der Waals surface area contributed by atoms with E-state index >= 15 is 0 Å². The summed E-state index contributed by atoms with van der Waals surface area (Å²) in [6, 6.07) is 15.8. The van der Waals surface area contributed by atoms with Gasteiger partial charge in [-0.2, -0.15) is 0 Å². The summed E-state index contributed by atoms with van der Waals surface area (Å²) in [5.41, 5.74) is 8.02. The van der Waals surface area contributed by atoms with E-state index in [9.17, 15) is 14.7 Å². The van der Waals surface area contributed by atoms with Crippen LogP contribution < -0.4 is 11.1 Å². The number of carbonyl (C=O) groups excluding carboxylic acids is 2. The number of fused-ring (bicyclic) bond motifs is 2. The maximum atomic E-state index is 12.6. The van der Waals surface area contributed by atoms with Crippen molar-refractivity contribution in [2.45, 2.75) is 30.0 Å². The van der Waals surface area contributed by atoms with E-state index in [1.165, 1.54) is 28.9 Å². The highest BCUT2D eigenvalue weighted by atomic mass is 32.2. The van der Waals surface area contributed by atoms with Crippen LogP contribution in [0.3, 0.4) is 0 Å². The molecule has 2 aromatic carbocycles. The Kier molecular flexibility index (Phi) is 7.03. The molecule has 9 nitrogen and oxygen atoms in total. The number of anilines is 1. The minimum Gasteiger partial charge on any atom is -0.373 e. The molecule has 184 valence electrons. The highest BCUT2D eigenvalue weighted by Crippen LogP contribution is 2.29. The number of thioether (sulfide) groups is 1. The molecule has 0 aliphatic heterocycles. The molecule has 36 heavy (non-hydrogen) atoms. The van der Waals surface area contributed by atoms with Gasteiger partial charge in [0, 0.05) is 24.6 Å². The van der Waals surface area contributed by atoms with E-state index in [2.05, 4.69) is 19.9 Å². The largest absolute Gasteiger partial charge is 0.373 e. The molecule has 0 aliphatic carbocycles. The number of aromatic nitrogens is 4. The molecule has 1 atom stereocenters. The van der Waals surface area contributed by atoms with E-state index < -0.39 is 12.1 Å². The quantitative estimate of drug-likeness (QED) is 0.236. The number of rotatable bonds is 10. The van der Waals surface area contributed by atoms with Crippen LogP contribution >= 0.6 is 23.1 Å². The van der Waals surface area contributed by atoms with Crippen molar-refractivity contribution in [3.8, 4) is 0 Å². The molecule has 0 saturated heterocycles. The van der Waals surface area contributed by atoms with Crippen molar-refractivity contribution < 1.29 is 14.7 Å². The SMILES string of the molecule is NC(=O)c1cn(C(O)CCCn2ccc3ccc(NC(=O)CSc4nc5ccccc5s4)cc32)cn1. The normalized spacial score (nSPS) is 12.2. The van der Waals surface area contributed by atoms with Gasteiger partial charge in [0.15, 0.2) is 4.34 Å². The third kappa shape index (κ3) is 5.43. The van der Waals surface area contributed by atoms with Gasteiger partial charge in [-0.1, -0.05) is 30.0 Å². The maximum Gasteiger partial charge on any atom is 0.268 e. The summed E-state index contributed by atoms with van der Waals surface area (Å²) in [5.74, 6) is -0.434. The Balaban J connectivity index is 1.16. The number of imidazole rings is 1. The third-order valence-corrected chi connectivity index (χ3v) is 7.90. The fourth-order valence-corrected chi connectivity index (χ4v) is 5.78. The molecule has 0 aliphatic rings. The Morgan fingerprint density at radius 3 is 2.86 bits per heavy atom. The number of hydrogen-bond donors (Lipinski definition) is 3. The Hall–Kier alpha value is -3.67. The van der Waals surface area contributed by atoms with Gasteiger partial charge in [0.25, 0.3) is 5.91 Å². The molecule has 1 unspecified atom stereocenters. The van der Waals surface area contributed by atoms with Crippen LogP contribution in [0, 0.1) is 0 Å². The van der Waals surface area contributed by atoms with E-state index in [-0.39, 0.29) is 17.4 Å². The smallest absolute Gasteiger partial charge is 0.268 e. The number of para-hydroxylation sites is 1.